The second kappa shape index (κ2) is 6.03. The molecule has 1 heterocycles. The number of nitrogens with one attached hydrogen (secondary N) is 3. The van der Waals surface area contributed by atoms with Crippen LogP contribution in [0.2, 0.25) is 5.02 Å². The third-order valence-electron chi connectivity index (χ3n) is 2.37. The van der Waals surface area contributed by atoms with E-state index in [1.54, 1.807) is 18.2 Å². The van der Waals surface area contributed by atoms with E-state index in [2.05, 4.69) is 36.4 Å². The standard InChI is InChI=1S/C11H10BrClN4O2/c12-8-5-6(13)1-2-7(8)10(18)14-4-3-9-15-11(19)17-16-9/h1-2,5H,3-4H2,(H,14,18)(H2,15,16,17,19). The summed E-state index contributed by atoms with van der Waals surface area (Å²) < 4.78 is 0.630. The predicted octanol–water partition coefficient (Wildman–Crippen LogP) is 1.49. The first-order valence-corrected chi connectivity index (χ1v) is 6.60. The van der Waals surface area contributed by atoms with Gasteiger partial charge in [0.2, 0.25) is 0 Å². The predicted molar refractivity (Wildman–Crippen MR) is 74.4 cm³/mol. The first kappa shape index (κ1) is 13.8. The number of aromatic nitrogens is 3. The Morgan fingerprint density at radius 3 is 2.89 bits per heavy atom. The molecule has 19 heavy (non-hydrogen) atoms. The molecule has 0 unspecified atom stereocenters. The average molecular weight is 346 g/mol. The molecule has 2 aromatic rings. The molecule has 0 spiro atoms. The molecule has 0 saturated carbocycles. The van der Waals surface area contributed by atoms with Crippen LogP contribution in [0.25, 0.3) is 0 Å². The third-order valence-corrected chi connectivity index (χ3v) is 3.26. The first-order valence-electron chi connectivity index (χ1n) is 5.43. The summed E-state index contributed by atoms with van der Waals surface area (Å²) in [7, 11) is 0. The molecule has 2 rings (SSSR count). The van der Waals surface area contributed by atoms with E-state index in [0.717, 1.165) is 0 Å². The van der Waals surface area contributed by atoms with Crippen LogP contribution < -0.4 is 11.0 Å². The Balaban J connectivity index is 1.92. The monoisotopic (exact) mass is 344 g/mol. The van der Waals surface area contributed by atoms with Crippen LogP contribution in [0, 0.1) is 0 Å². The average Bonchev–Trinajstić information content (AvgIpc) is 2.75. The summed E-state index contributed by atoms with van der Waals surface area (Å²) in [6, 6.07) is 4.94. The number of rotatable bonds is 4. The Morgan fingerprint density at radius 1 is 1.47 bits per heavy atom. The largest absolute Gasteiger partial charge is 0.352 e. The molecule has 0 aliphatic rings. The summed E-state index contributed by atoms with van der Waals surface area (Å²) >= 11 is 9.08. The summed E-state index contributed by atoms with van der Waals surface area (Å²) in [6.07, 6.45) is 0.440. The molecule has 8 heteroatoms. The fraction of sp³-hybridized carbons (Fsp3) is 0.182. The summed E-state index contributed by atoms with van der Waals surface area (Å²) in [5.41, 5.74) is 0.140. The molecule has 1 amide bonds. The van der Waals surface area contributed by atoms with Crippen LogP contribution >= 0.6 is 27.5 Å². The zero-order valence-electron chi connectivity index (χ0n) is 9.67. The SMILES string of the molecule is O=C(NCCc1n[nH]c(=O)[nH]1)c1ccc(Cl)cc1Br. The van der Waals surface area contributed by atoms with Crippen LogP contribution in [0.1, 0.15) is 16.2 Å². The molecular weight excluding hydrogens is 336 g/mol. The van der Waals surface area contributed by atoms with Gasteiger partial charge in [0.15, 0.2) is 0 Å². The lowest BCUT2D eigenvalue weighted by Gasteiger charge is -2.06. The highest BCUT2D eigenvalue weighted by molar-refractivity contribution is 9.10. The number of amides is 1. The number of nitrogens with zero attached hydrogens (tertiary/aromatic N) is 1. The van der Waals surface area contributed by atoms with Gasteiger partial charge in [0.1, 0.15) is 5.82 Å². The first-order chi connectivity index (χ1) is 9.06. The van der Waals surface area contributed by atoms with E-state index in [1.165, 1.54) is 0 Å². The van der Waals surface area contributed by atoms with E-state index >= 15 is 0 Å². The highest BCUT2D eigenvalue weighted by atomic mass is 79.9. The zero-order valence-corrected chi connectivity index (χ0v) is 12.0. The summed E-state index contributed by atoms with van der Waals surface area (Å²) in [5, 5.41) is 9.28. The van der Waals surface area contributed by atoms with Crippen LogP contribution in [-0.4, -0.2) is 27.6 Å². The van der Waals surface area contributed by atoms with Crippen LogP contribution in [-0.2, 0) is 6.42 Å². The second-order valence-corrected chi connectivity index (χ2v) is 5.05. The summed E-state index contributed by atoms with van der Waals surface area (Å²) in [4.78, 5) is 25.2. The van der Waals surface area contributed by atoms with E-state index in [4.69, 9.17) is 11.6 Å². The molecule has 0 fully saturated rings. The lowest BCUT2D eigenvalue weighted by atomic mass is 10.2. The Hall–Kier alpha value is -1.60. The molecule has 0 aliphatic carbocycles. The fourth-order valence-corrected chi connectivity index (χ4v) is 2.35. The lowest BCUT2D eigenvalue weighted by molar-refractivity contribution is 0.0953. The molecule has 3 N–H and O–H groups in total. The molecule has 1 aromatic carbocycles. The zero-order chi connectivity index (χ0) is 13.8. The molecule has 0 atom stereocenters. The quantitative estimate of drug-likeness (QED) is 0.784. The number of carbonyl (C=O) groups excluding carboxylic acids is 1. The molecule has 6 nitrogen and oxygen atoms in total. The minimum absolute atomic E-state index is 0.221. The van der Waals surface area contributed by atoms with E-state index in [1.807, 2.05) is 0 Å². The van der Waals surface area contributed by atoms with Gasteiger partial charge in [0.25, 0.3) is 5.91 Å². The Labute approximate surface area is 121 Å². The smallest absolute Gasteiger partial charge is 0.340 e. The van der Waals surface area contributed by atoms with Gasteiger partial charge >= 0.3 is 5.69 Å². The van der Waals surface area contributed by atoms with Crippen molar-refractivity contribution in [2.75, 3.05) is 6.54 Å². The van der Waals surface area contributed by atoms with Gasteiger partial charge in [-0.25, -0.2) is 9.89 Å². The van der Waals surface area contributed by atoms with Crippen molar-refractivity contribution in [3.05, 3.63) is 49.6 Å². The normalized spacial score (nSPS) is 10.4. The molecule has 0 aliphatic heterocycles. The van der Waals surface area contributed by atoms with E-state index in [0.29, 0.717) is 33.8 Å². The number of H-pyrrole nitrogens is 2. The van der Waals surface area contributed by atoms with Gasteiger partial charge in [-0.2, -0.15) is 5.10 Å². The Bertz CT molecular complexity index is 652. The van der Waals surface area contributed by atoms with Gasteiger partial charge in [-0.15, -0.1) is 0 Å². The maximum Gasteiger partial charge on any atom is 0.340 e. The van der Waals surface area contributed by atoms with Gasteiger partial charge in [0.05, 0.1) is 5.56 Å². The summed E-state index contributed by atoms with van der Waals surface area (Å²) in [6.45, 7) is 0.370. The van der Waals surface area contributed by atoms with Crippen molar-refractivity contribution in [2.45, 2.75) is 6.42 Å². The Kier molecular flexibility index (Phi) is 4.39. The van der Waals surface area contributed by atoms with E-state index in [9.17, 15) is 9.59 Å². The van der Waals surface area contributed by atoms with Crippen molar-refractivity contribution in [3.63, 3.8) is 0 Å². The number of halogens is 2. The maximum absolute atomic E-state index is 11.9. The molecule has 0 radical (unpaired) electrons. The topological polar surface area (TPSA) is 90.6 Å². The fourth-order valence-electron chi connectivity index (χ4n) is 1.49. The maximum atomic E-state index is 11.9. The van der Waals surface area contributed by atoms with Crippen molar-refractivity contribution in [3.8, 4) is 0 Å². The van der Waals surface area contributed by atoms with Gasteiger partial charge < -0.3 is 5.32 Å². The van der Waals surface area contributed by atoms with E-state index in [-0.39, 0.29) is 11.6 Å². The van der Waals surface area contributed by atoms with Gasteiger partial charge in [-0.1, -0.05) is 11.6 Å². The van der Waals surface area contributed by atoms with Crippen molar-refractivity contribution >= 4 is 33.4 Å². The van der Waals surface area contributed by atoms with E-state index < -0.39 is 0 Å². The molecule has 1 aromatic heterocycles. The number of hydrogen-bond acceptors (Lipinski definition) is 3. The number of carbonyl (C=O) groups is 1. The molecule has 0 bridgehead atoms. The van der Waals surface area contributed by atoms with Crippen LogP contribution in [0.5, 0.6) is 0 Å². The van der Waals surface area contributed by atoms with Crippen molar-refractivity contribution in [2.24, 2.45) is 0 Å². The Morgan fingerprint density at radius 2 is 2.26 bits per heavy atom. The lowest BCUT2D eigenvalue weighted by Crippen LogP contribution is -2.26. The number of hydrogen-bond donors (Lipinski definition) is 3. The molecular formula is C11H10BrClN4O2. The van der Waals surface area contributed by atoms with Crippen LogP contribution in [0.3, 0.4) is 0 Å². The van der Waals surface area contributed by atoms with Gasteiger partial charge in [-0.05, 0) is 34.1 Å². The number of benzene rings is 1. The molecule has 0 saturated heterocycles. The highest BCUT2D eigenvalue weighted by Crippen LogP contribution is 2.21. The van der Waals surface area contributed by atoms with Crippen LogP contribution in [0.15, 0.2) is 27.5 Å². The van der Waals surface area contributed by atoms with Crippen LogP contribution in [0.4, 0.5) is 0 Å². The number of aromatic amines is 2. The molecule has 100 valence electrons. The van der Waals surface area contributed by atoms with Crippen molar-refractivity contribution in [1.82, 2.24) is 20.5 Å². The second-order valence-electron chi connectivity index (χ2n) is 3.75. The van der Waals surface area contributed by atoms with Gasteiger partial charge in [-0.3, -0.25) is 9.78 Å². The van der Waals surface area contributed by atoms with Crippen molar-refractivity contribution < 1.29 is 4.79 Å². The summed E-state index contributed by atoms with van der Waals surface area (Å²) in [5.74, 6) is 0.280. The highest BCUT2D eigenvalue weighted by Gasteiger charge is 2.10. The minimum atomic E-state index is -0.359. The van der Waals surface area contributed by atoms with Gasteiger partial charge in [0, 0.05) is 22.5 Å². The third kappa shape index (κ3) is 3.68. The minimum Gasteiger partial charge on any atom is -0.352 e. The van der Waals surface area contributed by atoms with Crippen molar-refractivity contribution in [1.29, 1.82) is 0 Å².